The third-order valence-electron chi connectivity index (χ3n) is 2.93. The van der Waals surface area contributed by atoms with Crippen molar-refractivity contribution in [2.45, 2.75) is 49.2 Å². The molecule has 1 fully saturated rings. The van der Waals surface area contributed by atoms with Gasteiger partial charge < -0.3 is 19.9 Å². The summed E-state index contributed by atoms with van der Waals surface area (Å²) in [6.45, 7) is 6.92. The number of alkyl halides is 1. The zero-order valence-electron chi connectivity index (χ0n) is 11.8. The van der Waals surface area contributed by atoms with Crippen LogP contribution in [0.5, 0.6) is 0 Å². The number of halogens is 1. The molecule has 0 aromatic heterocycles. The van der Waals surface area contributed by atoms with Crippen molar-refractivity contribution in [3.05, 3.63) is 0 Å². The van der Waals surface area contributed by atoms with E-state index in [0.29, 0.717) is 13.2 Å². The molecule has 1 amide bonds. The van der Waals surface area contributed by atoms with E-state index in [0.717, 1.165) is 12.8 Å². The number of amides is 1. The summed E-state index contributed by atoms with van der Waals surface area (Å²) in [5.74, 6) is 0.164. The van der Waals surface area contributed by atoms with Gasteiger partial charge in [0.2, 0.25) is 0 Å². The van der Waals surface area contributed by atoms with E-state index in [-0.39, 0.29) is 22.5 Å². The Morgan fingerprint density at radius 2 is 2.21 bits per heavy atom. The molecule has 0 radical (unpaired) electrons. The molecule has 3 atom stereocenters. The molecule has 1 saturated heterocycles. The second kappa shape index (κ2) is 7.64. The Kier molecular flexibility index (Phi) is 6.82. The molecule has 1 aliphatic heterocycles. The highest BCUT2D eigenvalue weighted by Gasteiger charge is 2.28. The van der Waals surface area contributed by atoms with Gasteiger partial charge in [-0.2, -0.15) is 0 Å². The predicted octanol–water partition coefficient (Wildman–Crippen LogP) is 2.10. The average Bonchev–Trinajstić information content (AvgIpc) is 2.26. The topological polar surface area (TPSA) is 67.8 Å². The molecule has 19 heavy (non-hydrogen) atoms. The molecule has 5 nitrogen and oxygen atoms in total. The smallest absolute Gasteiger partial charge is 0.407 e. The Morgan fingerprint density at radius 3 is 2.79 bits per heavy atom. The number of carbonyl (C=O) groups is 1. The number of aliphatic hydroxyl groups is 1. The summed E-state index contributed by atoms with van der Waals surface area (Å²) in [6.07, 6.45) is 1.18. The van der Waals surface area contributed by atoms with Gasteiger partial charge in [0.15, 0.2) is 0 Å². The highest BCUT2D eigenvalue weighted by Crippen LogP contribution is 2.21. The van der Waals surface area contributed by atoms with E-state index in [1.54, 1.807) is 0 Å². The van der Waals surface area contributed by atoms with Gasteiger partial charge in [0.05, 0.1) is 10.5 Å². The third-order valence-corrected chi connectivity index (χ3v) is 4.16. The SMILES string of the molecule is CC(C)(C)OC(=O)NC1C[C@H](CO)CCOC[C@H]1I. The van der Waals surface area contributed by atoms with Gasteiger partial charge in [-0.05, 0) is 39.5 Å². The Morgan fingerprint density at radius 1 is 1.53 bits per heavy atom. The van der Waals surface area contributed by atoms with Gasteiger partial charge in [0, 0.05) is 19.3 Å². The lowest BCUT2D eigenvalue weighted by Gasteiger charge is -2.31. The molecule has 0 spiro atoms. The molecule has 0 bridgehead atoms. The molecular formula is C13H24INO4. The zero-order valence-corrected chi connectivity index (χ0v) is 14.0. The number of hydrogen-bond donors (Lipinski definition) is 2. The van der Waals surface area contributed by atoms with E-state index in [4.69, 9.17) is 9.47 Å². The molecular weight excluding hydrogens is 361 g/mol. The Hall–Kier alpha value is -0.0800. The monoisotopic (exact) mass is 385 g/mol. The highest BCUT2D eigenvalue weighted by molar-refractivity contribution is 14.1. The van der Waals surface area contributed by atoms with Gasteiger partial charge in [-0.1, -0.05) is 22.6 Å². The van der Waals surface area contributed by atoms with Crippen LogP contribution in [0.25, 0.3) is 0 Å². The van der Waals surface area contributed by atoms with E-state index >= 15 is 0 Å². The van der Waals surface area contributed by atoms with Crippen LogP contribution in [-0.4, -0.2) is 46.6 Å². The highest BCUT2D eigenvalue weighted by atomic mass is 127. The molecule has 1 rings (SSSR count). The van der Waals surface area contributed by atoms with Crippen molar-refractivity contribution in [2.75, 3.05) is 19.8 Å². The van der Waals surface area contributed by atoms with E-state index in [2.05, 4.69) is 27.9 Å². The van der Waals surface area contributed by atoms with Gasteiger partial charge in [0.25, 0.3) is 0 Å². The first-order valence-corrected chi connectivity index (χ1v) is 7.88. The van der Waals surface area contributed by atoms with Crippen molar-refractivity contribution >= 4 is 28.7 Å². The number of alkyl carbamates (subject to hydrolysis) is 1. The molecule has 0 aromatic rings. The van der Waals surface area contributed by atoms with E-state index in [1.807, 2.05) is 20.8 Å². The Balaban J connectivity index is 2.57. The van der Waals surface area contributed by atoms with Gasteiger partial charge in [-0.25, -0.2) is 4.79 Å². The van der Waals surface area contributed by atoms with Crippen molar-refractivity contribution in [3.63, 3.8) is 0 Å². The maximum Gasteiger partial charge on any atom is 0.407 e. The first-order chi connectivity index (χ1) is 8.81. The molecule has 0 saturated carbocycles. The summed E-state index contributed by atoms with van der Waals surface area (Å²) in [5, 5.41) is 12.2. The summed E-state index contributed by atoms with van der Waals surface area (Å²) in [6, 6.07) is -0.0344. The van der Waals surface area contributed by atoms with Crippen LogP contribution in [0.4, 0.5) is 4.79 Å². The number of nitrogens with one attached hydrogen (secondary N) is 1. The van der Waals surface area contributed by atoms with Crippen LogP contribution < -0.4 is 5.32 Å². The Labute approximate surface area is 128 Å². The molecule has 2 N–H and O–H groups in total. The van der Waals surface area contributed by atoms with Gasteiger partial charge in [0.1, 0.15) is 5.60 Å². The average molecular weight is 385 g/mol. The molecule has 0 aromatic carbocycles. The summed E-state index contributed by atoms with van der Waals surface area (Å²) in [5.41, 5.74) is -0.501. The van der Waals surface area contributed by atoms with Crippen molar-refractivity contribution in [1.82, 2.24) is 5.32 Å². The molecule has 112 valence electrons. The fourth-order valence-electron chi connectivity index (χ4n) is 1.96. The van der Waals surface area contributed by atoms with Crippen LogP contribution in [0.2, 0.25) is 0 Å². The van der Waals surface area contributed by atoms with Gasteiger partial charge >= 0.3 is 6.09 Å². The standard InChI is InChI=1S/C13H24INO4/c1-13(2,3)19-12(17)15-11-6-9(7-16)4-5-18-8-10(11)14/h9-11,16H,4-8H2,1-3H3,(H,15,17)/t9-,10-,11?/m1/s1. The van der Waals surface area contributed by atoms with Crippen molar-refractivity contribution in [3.8, 4) is 0 Å². The number of rotatable bonds is 2. The van der Waals surface area contributed by atoms with Gasteiger partial charge in [-0.3, -0.25) is 0 Å². The van der Waals surface area contributed by atoms with Crippen molar-refractivity contribution in [2.24, 2.45) is 5.92 Å². The van der Waals surface area contributed by atoms with Crippen LogP contribution >= 0.6 is 22.6 Å². The lowest BCUT2D eigenvalue weighted by atomic mass is 9.95. The van der Waals surface area contributed by atoms with Crippen molar-refractivity contribution < 1.29 is 19.4 Å². The first-order valence-electron chi connectivity index (χ1n) is 6.64. The first kappa shape index (κ1) is 17.0. The van der Waals surface area contributed by atoms with E-state index in [1.165, 1.54) is 0 Å². The maximum atomic E-state index is 11.8. The summed E-state index contributed by atoms with van der Waals surface area (Å²) < 4.78 is 11.0. The number of ether oxygens (including phenoxy) is 2. The largest absolute Gasteiger partial charge is 0.444 e. The second-order valence-corrected chi connectivity index (χ2v) is 7.52. The predicted molar refractivity (Wildman–Crippen MR) is 81.6 cm³/mol. The zero-order chi connectivity index (χ0) is 14.5. The molecule has 0 aliphatic carbocycles. The number of hydrogen-bond acceptors (Lipinski definition) is 4. The minimum Gasteiger partial charge on any atom is -0.444 e. The third kappa shape index (κ3) is 6.76. The van der Waals surface area contributed by atoms with Crippen LogP contribution in [-0.2, 0) is 9.47 Å². The van der Waals surface area contributed by atoms with Gasteiger partial charge in [-0.15, -0.1) is 0 Å². The van der Waals surface area contributed by atoms with Crippen LogP contribution in [0.3, 0.4) is 0 Å². The van der Waals surface area contributed by atoms with Crippen LogP contribution in [0.15, 0.2) is 0 Å². The molecule has 1 aliphatic rings. The van der Waals surface area contributed by atoms with E-state index in [9.17, 15) is 9.90 Å². The Bertz CT molecular complexity index is 293. The normalized spacial score (nSPS) is 29.2. The quantitative estimate of drug-likeness (QED) is 0.565. The molecule has 1 unspecified atom stereocenters. The lowest BCUT2D eigenvalue weighted by Crippen LogP contribution is -2.47. The fraction of sp³-hybridized carbons (Fsp3) is 0.923. The molecule has 6 heteroatoms. The second-order valence-electron chi connectivity index (χ2n) is 5.92. The van der Waals surface area contributed by atoms with Crippen LogP contribution in [0.1, 0.15) is 33.6 Å². The van der Waals surface area contributed by atoms with Crippen molar-refractivity contribution in [1.29, 1.82) is 0 Å². The number of carbonyl (C=O) groups excluding carboxylic acids is 1. The summed E-state index contributed by atoms with van der Waals surface area (Å²) in [4.78, 5) is 11.8. The lowest BCUT2D eigenvalue weighted by molar-refractivity contribution is 0.0433. The minimum absolute atomic E-state index is 0.0344. The minimum atomic E-state index is -0.501. The number of aliphatic hydroxyl groups excluding tert-OH is 1. The summed E-state index contributed by atoms with van der Waals surface area (Å²) >= 11 is 2.28. The fourth-order valence-corrected chi connectivity index (χ4v) is 2.69. The summed E-state index contributed by atoms with van der Waals surface area (Å²) in [7, 11) is 0. The van der Waals surface area contributed by atoms with E-state index < -0.39 is 11.7 Å². The maximum absolute atomic E-state index is 11.8. The molecule has 1 heterocycles. The van der Waals surface area contributed by atoms with Crippen LogP contribution in [0, 0.1) is 5.92 Å².